The van der Waals surface area contributed by atoms with E-state index in [9.17, 15) is 4.39 Å². The molecule has 1 aromatic rings. The second-order valence-electron chi connectivity index (χ2n) is 2.85. The molecular formula is C9H12FNO. The Morgan fingerprint density at radius 2 is 2.42 bits per heavy atom. The maximum atomic E-state index is 12.9. The third kappa shape index (κ3) is 2.58. The number of pyridine rings is 1. The number of halogens is 1. The van der Waals surface area contributed by atoms with E-state index >= 15 is 0 Å². The maximum Gasteiger partial charge on any atom is 0.144 e. The summed E-state index contributed by atoms with van der Waals surface area (Å²) < 4.78 is 12.9. The highest BCUT2D eigenvalue weighted by molar-refractivity contribution is 5.12. The predicted molar refractivity (Wildman–Crippen MR) is 44.2 cm³/mol. The van der Waals surface area contributed by atoms with E-state index in [0.29, 0.717) is 18.4 Å². The van der Waals surface area contributed by atoms with Gasteiger partial charge in [0.15, 0.2) is 0 Å². The summed E-state index contributed by atoms with van der Waals surface area (Å²) in [5.74, 6) is -0.293. The van der Waals surface area contributed by atoms with Gasteiger partial charge in [-0.05, 0) is 31.4 Å². The Kier molecular flexibility index (Phi) is 3.17. The second-order valence-corrected chi connectivity index (χ2v) is 2.85. The van der Waals surface area contributed by atoms with Crippen LogP contribution in [0.3, 0.4) is 0 Å². The molecule has 0 aliphatic heterocycles. The topological polar surface area (TPSA) is 33.1 Å². The van der Waals surface area contributed by atoms with E-state index in [1.54, 1.807) is 19.2 Å². The molecule has 0 radical (unpaired) electrons. The first-order valence-corrected chi connectivity index (χ1v) is 3.96. The lowest BCUT2D eigenvalue weighted by Gasteiger charge is -2.03. The molecule has 0 saturated carbocycles. The minimum absolute atomic E-state index is 0.293. The van der Waals surface area contributed by atoms with Gasteiger partial charge in [0.05, 0.1) is 12.3 Å². The number of hydrogen-bond donors (Lipinski definition) is 1. The fourth-order valence-electron chi connectivity index (χ4n) is 0.971. The van der Waals surface area contributed by atoms with Crippen LogP contribution in [0.2, 0.25) is 0 Å². The minimum Gasteiger partial charge on any atom is -0.393 e. The van der Waals surface area contributed by atoms with Crippen LogP contribution in [0.4, 0.5) is 4.39 Å². The van der Waals surface area contributed by atoms with Crippen molar-refractivity contribution in [1.82, 2.24) is 4.98 Å². The average molecular weight is 169 g/mol. The molecule has 0 spiro atoms. The van der Waals surface area contributed by atoms with E-state index < -0.39 is 0 Å². The second kappa shape index (κ2) is 4.16. The maximum absolute atomic E-state index is 12.9. The van der Waals surface area contributed by atoms with Crippen molar-refractivity contribution >= 4 is 0 Å². The third-order valence-electron chi connectivity index (χ3n) is 1.69. The van der Waals surface area contributed by atoms with Crippen LogP contribution >= 0.6 is 0 Å². The van der Waals surface area contributed by atoms with Crippen molar-refractivity contribution in [3.05, 3.63) is 29.8 Å². The van der Waals surface area contributed by atoms with Crippen LogP contribution in [0.25, 0.3) is 0 Å². The Bertz CT molecular complexity index is 250. The van der Waals surface area contributed by atoms with Gasteiger partial charge in [-0.15, -0.1) is 0 Å². The van der Waals surface area contributed by atoms with E-state index in [4.69, 9.17) is 5.11 Å². The van der Waals surface area contributed by atoms with Gasteiger partial charge in [0.25, 0.3) is 0 Å². The van der Waals surface area contributed by atoms with Crippen molar-refractivity contribution in [2.45, 2.75) is 25.9 Å². The van der Waals surface area contributed by atoms with Crippen molar-refractivity contribution in [2.24, 2.45) is 0 Å². The first-order valence-electron chi connectivity index (χ1n) is 3.96. The van der Waals surface area contributed by atoms with E-state index in [1.807, 2.05) is 0 Å². The molecule has 0 aromatic carbocycles. The molecule has 1 N–H and O–H groups in total. The molecule has 0 saturated heterocycles. The summed E-state index contributed by atoms with van der Waals surface area (Å²) in [5.41, 5.74) is 0.617. The Balaban J connectivity index is 2.57. The molecule has 1 rings (SSSR count). The molecule has 3 heteroatoms. The largest absolute Gasteiger partial charge is 0.393 e. The number of aliphatic hydroxyl groups is 1. The quantitative estimate of drug-likeness (QED) is 0.744. The average Bonchev–Trinajstić information content (AvgIpc) is 2.03. The predicted octanol–water partition coefficient (Wildman–Crippen LogP) is 1.53. The zero-order valence-electron chi connectivity index (χ0n) is 7.00. The van der Waals surface area contributed by atoms with Crippen LogP contribution < -0.4 is 0 Å². The third-order valence-corrected chi connectivity index (χ3v) is 1.69. The molecule has 0 fully saturated rings. The SMILES string of the molecule is C[C@H](O)CCc1ccncc1F. The highest BCUT2D eigenvalue weighted by atomic mass is 19.1. The zero-order chi connectivity index (χ0) is 8.97. The lowest BCUT2D eigenvalue weighted by atomic mass is 10.1. The minimum atomic E-state index is -0.377. The standard InChI is InChI=1S/C9H12FNO/c1-7(12)2-3-8-4-5-11-6-9(8)10/h4-7,12H,2-3H2,1H3/t7-/m0/s1. The van der Waals surface area contributed by atoms with Crippen LogP contribution in [0.5, 0.6) is 0 Å². The summed E-state index contributed by atoms with van der Waals surface area (Å²) in [5, 5.41) is 8.97. The molecular weight excluding hydrogens is 157 g/mol. The van der Waals surface area contributed by atoms with Crippen molar-refractivity contribution in [3.63, 3.8) is 0 Å². The Morgan fingerprint density at radius 3 is 3.00 bits per heavy atom. The number of rotatable bonds is 3. The van der Waals surface area contributed by atoms with Gasteiger partial charge in [0.2, 0.25) is 0 Å². The zero-order valence-corrected chi connectivity index (χ0v) is 7.00. The number of aromatic nitrogens is 1. The fraction of sp³-hybridized carbons (Fsp3) is 0.444. The van der Waals surface area contributed by atoms with Crippen molar-refractivity contribution in [2.75, 3.05) is 0 Å². The summed E-state index contributed by atoms with van der Waals surface area (Å²) in [6.45, 7) is 1.69. The molecule has 1 atom stereocenters. The van der Waals surface area contributed by atoms with Crippen molar-refractivity contribution in [1.29, 1.82) is 0 Å². The normalized spacial score (nSPS) is 12.9. The van der Waals surface area contributed by atoms with Gasteiger partial charge >= 0.3 is 0 Å². The molecule has 12 heavy (non-hydrogen) atoms. The van der Waals surface area contributed by atoms with Crippen LogP contribution in [-0.2, 0) is 6.42 Å². The van der Waals surface area contributed by atoms with Gasteiger partial charge in [0, 0.05) is 6.20 Å². The van der Waals surface area contributed by atoms with Gasteiger partial charge in [-0.3, -0.25) is 4.98 Å². The molecule has 1 heterocycles. The molecule has 66 valence electrons. The molecule has 0 amide bonds. The lowest BCUT2D eigenvalue weighted by Crippen LogP contribution is -2.02. The van der Waals surface area contributed by atoms with Crippen LogP contribution in [0.1, 0.15) is 18.9 Å². The van der Waals surface area contributed by atoms with E-state index in [1.165, 1.54) is 6.20 Å². The van der Waals surface area contributed by atoms with Crippen LogP contribution in [0.15, 0.2) is 18.5 Å². The van der Waals surface area contributed by atoms with Gasteiger partial charge < -0.3 is 5.11 Å². The molecule has 0 aliphatic carbocycles. The lowest BCUT2D eigenvalue weighted by molar-refractivity contribution is 0.184. The summed E-state index contributed by atoms with van der Waals surface area (Å²) in [6.07, 6.45) is 3.52. The van der Waals surface area contributed by atoms with E-state index in [0.717, 1.165) is 0 Å². The molecule has 0 aliphatic rings. The smallest absolute Gasteiger partial charge is 0.144 e. The van der Waals surface area contributed by atoms with Crippen LogP contribution in [0, 0.1) is 5.82 Å². The Morgan fingerprint density at radius 1 is 1.67 bits per heavy atom. The van der Waals surface area contributed by atoms with Gasteiger partial charge in [-0.1, -0.05) is 0 Å². The first-order chi connectivity index (χ1) is 5.70. The summed E-state index contributed by atoms with van der Waals surface area (Å²) >= 11 is 0. The molecule has 0 bridgehead atoms. The monoisotopic (exact) mass is 169 g/mol. The first kappa shape index (κ1) is 9.13. The van der Waals surface area contributed by atoms with Gasteiger partial charge in [-0.2, -0.15) is 0 Å². The highest BCUT2D eigenvalue weighted by Gasteiger charge is 2.02. The molecule has 0 unspecified atom stereocenters. The number of aryl methyl sites for hydroxylation is 1. The fourth-order valence-corrected chi connectivity index (χ4v) is 0.971. The molecule has 2 nitrogen and oxygen atoms in total. The van der Waals surface area contributed by atoms with Gasteiger partial charge in [-0.25, -0.2) is 4.39 Å². The highest BCUT2D eigenvalue weighted by Crippen LogP contribution is 2.08. The Hall–Kier alpha value is -0.960. The summed E-state index contributed by atoms with van der Waals surface area (Å²) in [4.78, 5) is 3.63. The number of aliphatic hydroxyl groups excluding tert-OH is 1. The summed E-state index contributed by atoms with van der Waals surface area (Å²) in [7, 11) is 0. The van der Waals surface area contributed by atoms with E-state index in [-0.39, 0.29) is 11.9 Å². The van der Waals surface area contributed by atoms with Crippen LogP contribution in [-0.4, -0.2) is 16.2 Å². The van der Waals surface area contributed by atoms with Crippen molar-refractivity contribution in [3.8, 4) is 0 Å². The Labute approximate surface area is 71.1 Å². The number of hydrogen-bond acceptors (Lipinski definition) is 2. The van der Waals surface area contributed by atoms with Crippen molar-refractivity contribution < 1.29 is 9.50 Å². The summed E-state index contributed by atoms with van der Waals surface area (Å²) in [6, 6.07) is 1.64. The van der Waals surface area contributed by atoms with Gasteiger partial charge in [0.1, 0.15) is 5.82 Å². The van der Waals surface area contributed by atoms with E-state index in [2.05, 4.69) is 4.98 Å². The number of nitrogens with zero attached hydrogens (tertiary/aromatic N) is 1. The molecule has 1 aromatic heterocycles.